The molecule has 6 heteroatoms. The number of rotatable bonds is 4. The molecule has 1 fully saturated rings. The van der Waals surface area contributed by atoms with Gasteiger partial charge >= 0.3 is 5.97 Å². The first kappa shape index (κ1) is 16.3. The number of ether oxygens (including phenoxy) is 1. The normalized spacial score (nSPS) is 24.5. The Morgan fingerprint density at radius 2 is 2.00 bits per heavy atom. The third-order valence-electron chi connectivity index (χ3n) is 4.43. The predicted molar refractivity (Wildman–Crippen MR) is 79.8 cm³/mol. The Hall–Kier alpha value is -2.11. The highest BCUT2D eigenvalue weighted by atomic mass is 16.5. The number of carbonyl (C=O) groups is 2. The summed E-state index contributed by atoms with van der Waals surface area (Å²) in [6, 6.07) is 2.86. The molecule has 1 N–H and O–H groups in total. The minimum absolute atomic E-state index is 0.145. The summed E-state index contributed by atoms with van der Waals surface area (Å²) in [5.41, 5.74) is 0.250. The van der Waals surface area contributed by atoms with E-state index in [4.69, 9.17) is 4.74 Å². The van der Waals surface area contributed by atoms with Crippen molar-refractivity contribution in [2.75, 3.05) is 6.61 Å². The van der Waals surface area contributed by atoms with Gasteiger partial charge in [0, 0.05) is 18.2 Å². The molecule has 1 aliphatic rings. The highest BCUT2D eigenvalue weighted by molar-refractivity contribution is 5.91. The second-order valence-corrected chi connectivity index (χ2v) is 5.96. The summed E-state index contributed by atoms with van der Waals surface area (Å²) in [6.45, 7) is 4.03. The SMILES string of the molecule is C[C@@H]1[C@H](C)CCC[C@H]1NC(=O)COC(=O)c1cc[n+]([O-])cc1. The highest BCUT2D eigenvalue weighted by Gasteiger charge is 2.28. The lowest BCUT2D eigenvalue weighted by atomic mass is 9.78. The van der Waals surface area contributed by atoms with Gasteiger partial charge in [0.25, 0.3) is 5.91 Å². The fourth-order valence-electron chi connectivity index (χ4n) is 2.80. The molecule has 6 nitrogen and oxygen atoms in total. The van der Waals surface area contributed by atoms with Crippen molar-refractivity contribution in [3.05, 3.63) is 35.3 Å². The molecule has 0 saturated heterocycles. The summed E-state index contributed by atoms with van der Waals surface area (Å²) in [5, 5.41) is 13.8. The molecule has 0 aliphatic heterocycles. The van der Waals surface area contributed by atoms with Crippen molar-refractivity contribution in [3.63, 3.8) is 0 Å². The Morgan fingerprint density at radius 1 is 1.32 bits per heavy atom. The summed E-state index contributed by atoms with van der Waals surface area (Å²) in [6.07, 6.45) is 5.68. The Balaban J connectivity index is 1.80. The van der Waals surface area contributed by atoms with E-state index in [2.05, 4.69) is 19.2 Å². The zero-order valence-electron chi connectivity index (χ0n) is 13.0. The van der Waals surface area contributed by atoms with Gasteiger partial charge in [-0.3, -0.25) is 4.79 Å². The van der Waals surface area contributed by atoms with Crippen LogP contribution in [0.3, 0.4) is 0 Å². The number of hydrogen-bond acceptors (Lipinski definition) is 4. The largest absolute Gasteiger partial charge is 0.619 e. The minimum atomic E-state index is -0.610. The monoisotopic (exact) mass is 306 g/mol. The molecule has 3 atom stereocenters. The van der Waals surface area contributed by atoms with Gasteiger partial charge in [-0.25, -0.2) is 4.79 Å². The molecule has 1 aromatic heterocycles. The summed E-state index contributed by atoms with van der Waals surface area (Å²) in [7, 11) is 0. The first-order valence-electron chi connectivity index (χ1n) is 7.62. The maximum absolute atomic E-state index is 11.9. The van der Waals surface area contributed by atoms with Crippen molar-refractivity contribution < 1.29 is 19.1 Å². The van der Waals surface area contributed by atoms with Crippen molar-refractivity contribution in [2.24, 2.45) is 11.8 Å². The summed E-state index contributed by atoms with van der Waals surface area (Å²) >= 11 is 0. The molecule has 1 heterocycles. The van der Waals surface area contributed by atoms with Crippen LogP contribution in [0.2, 0.25) is 0 Å². The van der Waals surface area contributed by atoms with Crippen LogP contribution in [0.4, 0.5) is 0 Å². The van der Waals surface area contributed by atoms with Crippen LogP contribution < -0.4 is 10.0 Å². The number of aromatic nitrogens is 1. The Kier molecular flexibility index (Phi) is 5.35. The quantitative estimate of drug-likeness (QED) is 0.518. The number of amides is 1. The zero-order valence-corrected chi connectivity index (χ0v) is 13.0. The van der Waals surface area contributed by atoms with Gasteiger partial charge in [0.05, 0.1) is 5.56 Å². The van der Waals surface area contributed by atoms with Crippen molar-refractivity contribution in [1.29, 1.82) is 0 Å². The minimum Gasteiger partial charge on any atom is -0.619 e. The van der Waals surface area contributed by atoms with Gasteiger partial charge in [-0.05, 0) is 18.3 Å². The summed E-state index contributed by atoms with van der Waals surface area (Å²) in [5.74, 6) is 0.120. The Bertz CT molecular complexity index is 529. The number of carbonyl (C=O) groups excluding carboxylic acids is 2. The number of nitrogens with one attached hydrogen (secondary N) is 1. The predicted octanol–water partition coefficient (Wildman–Crippen LogP) is 1.42. The lowest BCUT2D eigenvalue weighted by molar-refractivity contribution is -0.605. The molecule has 0 aromatic carbocycles. The van der Waals surface area contributed by atoms with E-state index in [0.717, 1.165) is 12.8 Å². The smallest absolute Gasteiger partial charge is 0.339 e. The van der Waals surface area contributed by atoms with E-state index in [-0.39, 0.29) is 24.1 Å². The third-order valence-corrected chi connectivity index (χ3v) is 4.43. The van der Waals surface area contributed by atoms with E-state index < -0.39 is 5.97 Å². The molecule has 1 aromatic rings. The van der Waals surface area contributed by atoms with E-state index in [0.29, 0.717) is 16.6 Å². The van der Waals surface area contributed by atoms with Crippen LogP contribution in [0.15, 0.2) is 24.5 Å². The average Bonchev–Trinajstić information content (AvgIpc) is 2.50. The zero-order chi connectivity index (χ0) is 16.1. The van der Waals surface area contributed by atoms with Crippen LogP contribution >= 0.6 is 0 Å². The van der Waals surface area contributed by atoms with Crippen LogP contribution in [0.5, 0.6) is 0 Å². The first-order valence-corrected chi connectivity index (χ1v) is 7.62. The summed E-state index contributed by atoms with van der Waals surface area (Å²) < 4.78 is 5.55. The molecule has 1 amide bonds. The van der Waals surface area contributed by atoms with E-state index in [1.54, 1.807) is 0 Å². The van der Waals surface area contributed by atoms with Gasteiger partial charge in [-0.15, -0.1) is 0 Å². The van der Waals surface area contributed by atoms with Gasteiger partial charge < -0.3 is 15.3 Å². The highest BCUT2D eigenvalue weighted by Crippen LogP contribution is 2.29. The fourth-order valence-corrected chi connectivity index (χ4v) is 2.80. The second-order valence-electron chi connectivity index (χ2n) is 5.96. The van der Waals surface area contributed by atoms with Crippen LogP contribution in [0.1, 0.15) is 43.5 Å². The molecule has 0 spiro atoms. The number of esters is 1. The molecule has 2 rings (SSSR count). The van der Waals surface area contributed by atoms with Crippen LogP contribution in [-0.4, -0.2) is 24.5 Å². The number of nitrogens with zero attached hydrogens (tertiary/aromatic N) is 1. The van der Waals surface area contributed by atoms with Crippen LogP contribution in [-0.2, 0) is 9.53 Å². The number of pyridine rings is 1. The van der Waals surface area contributed by atoms with E-state index in [1.165, 1.54) is 30.9 Å². The van der Waals surface area contributed by atoms with Crippen molar-refractivity contribution in [3.8, 4) is 0 Å². The van der Waals surface area contributed by atoms with E-state index in [1.807, 2.05) is 0 Å². The van der Waals surface area contributed by atoms with E-state index in [9.17, 15) is 14.8 Å². The molecular weight excluding hydrogens is 284 g/mol. The third kappa shape index (κ3) is 4.19. The fraction of sp³-hybridized carbons (Fsp3) is 0.562. The van der Waals surface area contributed by atoms with Crippen molar-refractivity contribution in [1.82, 2.24) is 5.32 Å². The van der Waals surface area contributed by atoms with Crippen LogP contribution in [0, 0.1) is 17.0 Å². The molecule has 1 aliphatic carbocycles. The lowest BCUT2D eigenvalue weighted by Crippen LogP contribution is -2.45. The maximum atomic E-state index is 11.9. The standard InChI is InChI=1S/C16H22N2O4/c1-11-4-3-5-14(12(11)2)17-15(19)10-22-16(20)13-6-8-18(21)9-7-13/h6-9,11-12,14H,3-5,10H2,1-2H3,(H,17,19)/t11-,12-,14-/m1/s1. The Labute approximate surface area is 130 Å². The number of hydrogen-bond donors (Lipinski definition) is 1. The maximum Gasteiger partial charge on any atom is 0.339 e. The topological polar surface area (TPSA) is 82.3 Å². The molecule has 120 valence electrons. The van der Waals surface area contributed by atoms with Gasteiger partial charge in [-0.2, -0.15) is 4.73 Å². The molecule has 0 radical (unpaired) electrons. The van der Waals surface area contributed by atoms with Gasteiger partial charge in [0.2, 0.25) is 0 Å². The van der Waals surface area contributed by atoms with Crippen molar-refractivity contribution in [2.45, 2.75) is 39.2 Å². The summed E-state index contributed by atoms with van der Waals surface area (Å²) in [4.78, 5) is 23.7. The Morgan fingerprint density at radius 3 is 2.68 bits per heavy atom. The van der Waals surface area contributed by atoms with Gasteiger partial charge in [0.15, 0.2) is 19.0 Å². The molecule has 0 bridgehead atoms. The lowest BCUT2D eigenvalue weighted by Gasteiger charge is -2.34. The van der Waals surface area contributed by atoms with Gasteiger partial charge in [-0.1, -0.05) is 26.7 Å². The molecule has 22 heavy (non-hydrogen) atoms. The van der Waals surface area contributed by atoms with Gasteiger partial charge in [0.1, 0.15) is 0 Å². The van der Waals surface area contributed by atoms with Crippen molar-refractivity contribution >= 4 is 11.9 Å². The first-order chi connectivity index (χ1) is 10.5. The van der Waals surface area contributed by atoms with Crippen LogP contribution in [0.25, 0.3) is 0 Å². The average molecular weight is 306 g/mol. The molecule has 0 unspecified atom stereocenters. The molecular formula is C16H22N2O4. The second kappa shape index (κ2) is 7.24. The van der Waals surface area contributed by atoms with E-state index >= 15 is 0 Å². The molecule has 1 saturated carbocycles.